The van der Waals surface area contributed by atoms with Crippen LogP contribution in [-0.2, 0) is 4.79 Å². The third-order valence-corrected chi connectivity index (χ3v) is 4.37. The fourth-order valence-corrected chi connectivity index (χ4v) is 3.13. The molecule has 1 aromatic rings. The average molecular weight is 222 g/mol. The first-order chi connectivity index (χ1) is 7.09. The maximum atomic E-state index is 10.9. The van der Waals surface area contributed by atoms with Crippen LogP contribution in [0.1, 0.15) is 21.9 Å². The lowest BCUT2D eigenvalue weighted by molar-refractivity contribution is -0.141. The molecule has 1 aromatic carbocycles. The van der Waals surface area contributed by atoms with Gasteiger partial charge in [-0.1, -0.05) is 23.8 Å². The van der Waals surface area contributed by atoms with Crippen molar-refractivity contribution >= 4 is 17.7 Å². The summed E-state index contributed by atoms with van der Waals surface area (Å²) in [6.07, 6.45) is 0. The van der Waals surface area contributed by atoms with Crippen LogP contribution in [0.3, 0.4) is 0 Å². The summed E-state index contributed by atoms with van der Waals surface area (Å²) in [5, 5.41) is 9.17. The van der Waals surface area contributed by atoms with Crippen molar-refractivity contribution in [1.82, 2.24) is 0 Å². The molecule has 2 rings (SSSR count). The Balaban J connectivity index is 2.30. The zero-order chi connectivity index (χ0) is 11.0. The lowest BCUT2D eigenvalue weighted by Crippen LogP contribution is -2.31. The Morgan fingerprint density at radius 3 is 2.73 bits per heavy atom. The van der Waals surface area contributed by atoms with Gasteiger partial charge in [-0.05, 0) is 25.0 Å². The van der Waals surface area contributed by atoms with E-state index in [1.165, 1.54) is 16.7 Å². The summed E-state index contributed by atoms with van der Waals surface area (Å²) in [7, 11) is 0. The highest BCUT2D eigenvalue weighted by Gasteiger charge is 2.39. The molecule has 1 heterocycles. The minimum Gasteiger partial charge on any atom is -0.481 e. The second-order valence-electron chi connectivity index (χ2n) is 4.06. The highest BCUT2D eigenvalue weighted by Crippen LogP contribution is 2.48. The number of aryl methyl sites for hydroxylation is 2. The van der Waals surface area contributed by atoms with E-state index < -0.39 is 5.97 Å². The summed E-state index contributed by atoms with van der Waals surface area (Å²) >= 11 is 1.74. The molecule has 0 amide bonds. The fraction of sp³-hybridized carbons (Fsp3) is 0.417. The van der Waals surface area contributed by atoms with Crippen LogP contribution in [0, 0.1) is 19.8 Å². The van der Waals surface area contributed by atoms with Gasteiger partial charge < -0.3 is 5.11 Å². The summed E-state index contributed by atoms with van der Waals surface area (Å²) < 4.78 is 0. The standard InChI is InChI=1S/C12H14O2S/c1-7-3-4-8(2)9(5-7)11-10(6-15-11)12(13)14/h3-5,10-11H,6H2,1-2H3,(H,13,14). The van der Waals surface area contributed by atoms with Gasteiger partial charge in [-0.2, -0.15) is 11.8 Å². The van der Waals surface area contributed by atoms with Gasteiger partial charge in [0, 0.05) is 11.0 Å². The monoisotopic (exact) mass is 222 g/mol. The van der Waals surface area contributed by atoms with Gasteiger partial charge in [0.25, 0.3) is 0 Å². The molecule has 1 fully saturated rings. The Morgan fingerprint density at radius 2 is 2.20 bits per heavy atom. The molecule has 3 heteroatoms. The third-order valence-electron chi connectivity index (χ3n) is 2.88. The van der Waals surface area contributed by atoms with Crippen molar-refractivity contribution < 1.29 is 9.90 Å². The molecule has 2 atom stereocenters. The Morgan fingerprint density at radius 1 is 1.47 bits per heavy atom. The Hall–Kier alpha value is -0.960. The van der Waals surface area contributed by atoms with Crippen LogP contribution < -0.4 is 0 Å². The molecule has 80 valence electrons. The van der Waals surface area contributed by atoms with Gasteiger partial charge in [-0.25, -0.2) is 0 Å². The predicted octanol–water partition coefficient (Wildman–Crippen LogP) is 2.79. The predicted molar refractivity (Wildman–Crippen MR) is 62.2 cm³/mol. The minimum absolute atomic E-state index is 0.155. The van der Waals surface area contributed by atoms with Crippen LogP contribution in [-0.4, -0.2) is 16.8 Å². The molecule has 0 radical (unpaired) electrons. The summed E-state index contributed by atoms with van der Waals surface area (Å²) in [6, 6.07) is 6.25. The number of carboxylic acid groups (broad SMARTS) is 1. The lowest BCUT2D eigenvalue weighted by Gasteiger charge is -2.34. The fourth-order valence-electron chi connectivity index (χ4n) is 1.86. The molecule has 1 aliphatic rings. The number of benzene rings is 1. The maximum absolute atomic E-state index is 10.9. The average Bonchev–Trinajstić information content (AvgIpc) is 2.08. The molecule has 1 N–H and O–H groups in total. The lowest BCUT2D eigenvalue weighted by atomic mass is 9.94. The van der Waals surface area contributed by atoms with E-state index in [9.17, 15) is 4.79 Å². The van der Waals surface area contributed by atoms with E-state index >= 15 is 0 Å². The van der Waals surface area contributed by atoms with Gasteiger partial charge in [0.05, 0.1) is 5.92 Å². The van der Waals surface area contributed by atoms with E-state index in [1.54, 1.807) is 11.8 Å². The third kappa shape index (κ3) is 1.88. The van der Waals surface area contributed by atoms with E-state index in [0.717, 1.165) is 5.75 Å². The summed E-state index contributed by atoms with van der Waals surface area (Å²) in [6.45, 7) is 4.09. The molecular formula is C12H14O2S. The van der Waals surface area contributed by atoms with Gasteiger partial charge >= 0.3 is 5.97 Å². The molecule has 0 bridgehead atoms. The first-order valence-electron chi connectivity index (χ1n) is 5.01. The summed E-state index contributed by atoms with van der Waals surface area (Å²) in [5.74, 6) is -0.122. The van der Waals surface area contributed by atoms with E-state index in [-0.39, 0.29) is 11.2 Å². The number of rotatable bonds is 2. The normalized spacial score (nSPS) is 24.7. The highest BCUT2D eigenvalue weighted by atomic mass is 32.2. The Kier molecular flexibility index (Phi) is 2.74. The zero-order valence-corrected chi connectivity index (χ0v) is 9.67. The molecule has 2 unspecified atom stereocenters. The minimum atomic E-state index is -0.667. The van der Waals surface area contributed by atoms with Crippen molar-refractivity contribution in [3.63, 3.8) is 0 Å². The van der Waals surface area contributed by atoms with E-state index in [4.69, 9.17) is 5.11 Å². The molecule has 0 aromatic heterocycles. The van der Waals surface area contributed by atoms with Crippen LogP contribution in [0.5, 0.6) is 0 Å². The SMILES string of the molecule is Cc1ccc(C)c(C2SCC2C(=O)O)c1. The largest absolute Gasteiger partial charge is 0.481 e. The van der Waals surface area contributed by atoms with Crippen molar-refractivity contribution in [3.05, 3.63) is 34.9 Å². The molecule has 1 aliphatic heterocycles. The van der Waals surface area contributed by atoms with Crippen LogP contribution in [0.25, 0.3) is 0 Å². The van der Waals surface area contributed by atoms with E-state index in [2.05, 4.69) is 18.2 Å². The second kappa shape index (κ2) is 3.89. The number of thioether (sulfide) groups is 1. The molecule has 1 saturated heterocycles. The number of carboxylic acids is 1. The van der Waals surface area contributed by atoms with E-state index in [0.29, 0.717) is 0 Å². The number of hydrogen-bond donors (Lipinski definition) is 1. The van der Waals surface area contributed by atoms with Gasteiger partial charge in [-0.15, -0.1) is 0 Å². The summed E-state index contributed by atoms with van der Waals surface area (Å²) in [4.78, 5) is 10.9. The Bertz CT molecular complexity index is 401. The maximum Gasteiger partial charge on any atom is 0.308 e. The first kappa shape index (κ1) is 10.6. The second-order valence-corrected chi connectivity index (χ2v) is 5.23. The molecule has 0 saturated carbocycles. The van der Waals surface area contributed by atoms with Gasteiger partial charge in [0.1, 0.15) is 0 Å². The van der Waals surface area contributed by atoms with Crippen molar-refractivity contribution in [2.75, 3.05) is 5.75 Å². The first-order valence-corrected chi connectivity index (χ1v) is 6.06. The van der Waals surface area contributed by atoms with E-state index in [1.807, 2.05) is 13.8 Å². The molecule has 2 nitrogen and oxygen atoms in total. The quantitative estimate of drug-likeness (QED) is 0.836. The van der Waals surface area contributed by atoms with Gasteiger partial charge in [-0.3, -0.25) is 4.79 Å². The van der Waals surface area contributed by atoms with Crippen LogP contribution in [0.2, 0.25) is 0 Å². The van der Waals surface area contributed by atoms with Crippen LogP contribution in [0.4, 0.5) is 0 Å². The van der Waals surface area contributed by atoms with Crippen molar-refractivity contribution in [2.24, 2.45) is 5.92 Å². The molecular weight excluding hydrogens is 208 g/mol. The van der Waals surface area contributed by atoms with Crippen LogP contribution >= 0.6 is 11.8 Å². The van der Waals surface area contributed by atoms with Gasteiger partial charge in [0.2, 0.25) is 0 Å². The number of aliphatic carboxylic acids is 1. The number of hydrogen-bond acceptors (Lipinski definition) is 2. The topological polar surface area (TPSA) is 37.3 Å². The van der Waals surface area contributed by atoms with Crippen molar-refractivity contribution in [3.8, 4) is 0 Å². The molecule has 0 aliphatic carbocycles. The van der Waals surface area contributed by atoms with Crippen LogP contribution in [0.15, 0.2) is 18.2 Å². The number of carbonyl (C=O) groups is 1. The van der Waals surface area contributed by atoms with Gasteiger partial charge in [0.15, 0.2) is 0 Å². The highest BCUT2D eigenvalue weighted by molar-refractivity contribution is 8.01. The Labute approximate surface area is 93.7 Å². The zero-order valence-electron chi connectivity index (χ0n) is 8.86. The van der Waals surface area contributed by atoms with Crippen molar-refractivity contribution in [2.45, 2.75) is 19.1 Å². The summed E-state index contributed by atoms with van der Waals surface area (Å²) in [5.41, 5.74) is 3.59. The smallest absolute Gasteiger partial charge is 0.308 e. The molecule has 0 spiro atoms. The molecule has 15 heavy (non-hydrogen) atoms. The van der Waals surface area contributed by atoms with Crippen molar-refractivity contribution in [1.29, 1.82) is 0 Å².